The summed E-state index contributed by atoms with van der Waals surface area (Å²) in [5, 5.41) is 7.43. The van der Waals surface area contributed by atoms with E-state index in [1.54, 1.807) is 6.07 Å². The molecule has 3 N–H and O–H groups in total. The van der Waals surface area contributed by atoms with Crippen molar-refractivity contribution in [2.24, 2.45) is 5.73 Å². The number of hydrogen-bond acceptors (Lipinski definition) is 2. The summed E-state index contributed by atoms with van der Waals surface area (Å²) in [5.41, 5.74) is 6.11. The first-order valence-electron chi connectivity index (χ1n) is 4.85. The van der Waals surface area contributed by atoms with Crippen molar-refractivity contribution in [3.8, 4) is 5.75 Å². The second kappa shape index (κ2) is 5.16. The smallest absolute Gasteiger partial charge is 0.131 e. The van der Waals surface area contributed by atoms with Gasteiger partial charge in [0.05, 0.1) is 11.7 Å². The summed E-state index contributed by atoms with van der Waals surface area (Å²) < 4.78 is 6.61. The molecule has 0 fully saturated rings. The second-order valence-corrected chi connectivity index (χ2v) is 4.31. The molecule has 82 valence electrons. The molecule has 1 atom stereocenters. The number of amidine groups is 1. The van der Waals surface area contributed by atoms with Gasteiger partial charge < -0.3 is 10.5 Å². The number of nitrogens with one attached hydrogen (secondary N) is 1. The second-order valence-electron chi connectivity index (χ2n) is 3.39. The topological polar surface area (TPSA) is 59.1 Å². The first-order chi connectivity index (χ1) is 7.04. The van der Waals surface area contributed by atoms with Gasteiger partial charge in [-0.1, -0.05) is 22.9 Å². The third kappa shape index (κ3) is 3.23. The Kier molecular flexibility index (Phi) is 4.15. The van der Waals surface area contributed by atoms with Crippen molar-refractivity contribution in [3.63, 3.8) is 0 Å². The van der Waals surface area contributed by atoms with Crippen LogP contribution in [0.5, 0.6) is 5.75 Å². The number of nitrogen functional groups attached to an aromatic ring is 1. The summed E-state index contributed by atoms with van der Waals surface area (Å²) in [6.07, 6.45) is 1.04. The molecule has 1 unspecified atom stereocenters. The highest BCUT2D eigenvalue weighted by atomic mass is 79.9. The Labute approximate surface area is 98.3 Å². The van der Waals surface area contributed by atoms with E-state index in [-0.39, 0.29) is 11.9 Å². The van der Waals surface area contributed by atoms with E-state index in [0.717, 1.165) is 10.9 Å². The van der Waals surface area contributed by atoms with Gasteiger partial charge in [0.25, 0.3) is 0 Å². The maximum Gasteiger partial charge on any atom is 0.131 e. The zero-order chi connectivity index (χ0) is 11.4. The van der Waals surface area contributed by atoms with Crippen molar-refractivity contribution in [1.29, 1.82) is 5.41 Å². The average Bonchev–Trinajstić information content (AvgIpc) is 2.17. The van der Waals surface area contributed by atoms with Crippen LogP contribution in [0.3, 0.4) is 0 Å². The molecule has 15 heavy (non-hydrogen) atoms. The van der Waals surface area contributed by atoms with Crippen LogP contribution in [0.1, 0.15) is 25.8 Å². The predicted octanol–water partition coefficient (Wildman–Crippen LogP) is 2.91. The van der Waals surface area contributed by atoms with Crippen LogP contribution in [0.15, 0.2) is 22.7 Å². The lowest BCUT2D eigenvalue weighted by Crippen LogP contribution is -2.16. The minimum atomic E-state index is 0.0285. The Morgan fingerprint density at radius 1 is 1.60 bits per heavy atom. The van der Waals surface area contributed by atoms with Crippen molar-refractivity contribution in [2.45, 2.75) is 26.4 Å². The standard InChI is InChI=1S/C11H15BrN2O/c1-3-7(2)15-10-6-8(12)4-5-9(10)11(13)14/h4-7H,3H2,1-2H3,(H3,13,14). The van der Waals surface area contributed by atoms with Crippen LogP contribution in [-0.2, 0) is 0 Å². The number of nitrogens with two attached hydrogens (primary N) is 1. The number of rotatable bonds is 4. The van der Waals surface area contributed by atoms with Crippen LogP contribution in [0.2, 0.25) is 0 Å². The minimum absolute atomic E-state index is 0.0285. The van der Waals surface area contributed by atoms with Crippen molar-refractivity contribution in [3.05, 3.63) is 28.2 Å². The zero-order valence-electron chi connectivity index (χ0n) is 8.88. The number of hydrogen-bond donors (Lipinski definition) is 2. The SMILES string of the molecule is CCC(C)Oc1cc(Br)ccc1C(=N)N. The molecule has 0 bridgehead atoms. The lowest BCUT2D eigenvalue weighted by Gasteiger charge is -2.15. The maximum absolute atomic E-state index is 7.43. The molecule has 1 aromatic rings. The molecule has 0 radical (unpaired) electrons. The van der Waals surface area contributed by atoms with Crippen molar-refractivity contribution < 1.29 is 4.74 Å². The van der Waals surface area contributed by atoms with Gasteiger partial charge in [-0.05, 0) is 31.5 Å². The van der Waals surface area contributed by atoms with Crippen LogP contribution in [-0.4, -0.2) is 11.9 Å². The van der Waals surface area contributed by atoms with Crippen LogP contribution < -0.4 is 10.5 Å². The summed E-state index contributed by atoms with van der Waals surface area (Å²) in [5.74, 6) is 0.687. The quantitative estimate of drug-likeness (QED) is 0.653. The van der Waals surface area contributed by atoms with Crippen molar-refractivity contribution in [1.82, 2.24) is 0 Å². The summed E-state index contributed by atoms with van der Waals surface area (Å²) in [4.78, 5) is 0. The Bertz CT molecular complexity index is 366. The van der Waals surface area contributed by atoms with Gasteiger partial charge in [0.15, 0.2) is 0 Å². The van der Waals surface area contributed by atoms with Crippen molar-refractivity contribution >= 4 is 21.8 Å². The van der Waals surface area contributed by atoms with Gasteiger partial charge in [-0.15, -0.1) is 0 Å². The largest absolute Gasteiger partial charge is 0.490 e. The van der Waals surface area contributed by atoms with Crippen LogP contribution in [0, 0.1) is 5.41 Å². The molecule has 1 aromatic carbocycles. The Hall–Kier alpha value is -1.03. The number of benzene rings is 1. The fourth-order valence-corrected chi connectivity index (χ4v) is 1.46. The zero-order valence-corrected chi connectivity index (χ0v) is 10.5. The normalized spacial score (nSPS) is 12.2. The summed E-state index contributed by atoms with van der Waals surface area (Å²) in [6.45, 7) is 4.04. The number of ether oxygens (including phenoxy) is 1. The molecule has 3 nitrogen and oxygen atoms in total. The molecule has 1 rings (SSSR count). The molecule has 0 saturated heterocycles. The van der Waals surface area contributed by atoms with E-state index in [1.165, 1.54) is 0 Å². The Morgan fingerprint density at radius 3 is 2.80 bits per heavy atom. The lowest BCUT2D eigenvalue weighted by atomic mass is 10.2. The van der Waals surface area contributed by atoms with Gasteiger partial charge in [-0.2, -0.15) is 0 Å². The molecule has 0 spiro atoms. The maximum atomic E-state index is 7.43. The summed E-state index contributed by atoms with van der Waals surface area (Å²) >= 11 is 3.37. The minimum Gasteiger partial charge on any atom is -0.490 e. The molecule has 0 aromatic heterocycles. The Balaban J connectivity index is 3.02. The molecular weight excluding hydrogens is 256 g/mol. The predicted molar refractivity (Wildman–Crippen MR) is 65.5 cm³/mol. The van der Waals surface area contributed by atoms with E-state index in [9.17, 15) is 0 Å². The molecule has 0 amide bonds. The highest BCUT2D eigenvalue weighted by molar-refractivity contribution is 9.10. The van der Waals surface area contributed by atoms with Gasteiger partial charge in [-0.3, -0.25) is 5.41 Å². The fraction of sp³-hybridized carbons (Fsp3) is 0.364. The molecule has 4 heteroatoms. The molecule has 0 aliphatic rings. The Morgan fingerprint density at radius 2 is 2.27 bits per heavy atom. The lowest BCUT2D eigenvalue weighted by molar-refractivity contribution is 0.217. The van der Waals surface area contributed by atoms with E-state index in [1.807, 2.05) is 19.1 Å². The third-order valence-corrected chi connectivity index (χ3v) is 2.63. The highest BCUT2D eigenvalue weighted by Gasteiger charge is 2.09. The first-order valence-corrected chi connectivity index (χ1v) is 5.64. The summed E-state index contributed by atoms with van der Waals surface area (Å²) in [6, 6.07) is 5.47. The third-order valence-electron chi connectivity index (χ3n) is 2.14. The highest BCUT2D eigenvalue weighted by Crippen LogP contribution is 2.24. The van der Waals surface area contributed by atoms with Crippen LogP contribution >= 0.6 is 15.9 Å². The van der Waals surface area contributed by atoms with E-state index in [2.05, 4.69) is 22.9 Å². The molecule has 0 aliphatic heterocycles. The average molecular weight is 271 g/mol. The van der Waals surface area contributed by atoms with Gasteiger partial charge in [0.2, 0.25) is 0 Å². The van der Waals surface area contributed by atoms with E-state index < -0.39 is 0 Å². The van der Waals surface area contributed by atoms with E-state index >= 15 is 0 Å². The van der Waals surface area contributed by atoms with Gasteiger partial charge in [0, 0.05) is 4.47 Å². The van der Waals surface area contributed by atoms with E-state index in [0.29, 0.717) is 11.3 Å². The first kappa shape index (κ1) is 12.0. The van der Waals surface area contributed by atoms with Gasteiger partial charge >= 0.3 is 0 Å². The molecule has 0 heterocycles. The molecule has 0 aliphatic carbocycles. The van der Waals surface area contributed by atoms with E-state index in [4.69, 9.17) is 15.9 Å². The van der Waals surface area contributed by atoms with Gasteiger partial charge in [-0.25, -0.2) is 0 Å². The monoisotopic (exact) mass is 270 g/mol. The van der Waals surface area contributed by atoms with Crippen LogP contribution in [0.25, 0.3) is 0 Å². The molecule has 0 saturated carbocycles. The fourth-order valence-electron chi connectivity index (χ4n) is 1.12. The summed E-state index contributed by atoms with van der Waals surface area (Å²) in [7, 11) is 0. The molecular formula is C11H15BrN2O. The van der Waals surface area contributed by atoms with Crippen molar-refractivity contribution in [2.75, 3.05) is 0 Å². The number of halogens is 1. The van der Waals surface area contributed by atoms with Crippen LogP contribution in [0.4, 0.5) is 0 Å². The van der Waals surface area contributed by atoms with Gasteiger partial charge in [0.1, 0.15) is 11.6 Å².